The van der Waals surface area contributed by atoms with Crippen molar-refractivity contribution in [2.24, 2.45) is 5.92 Å². The molecule has 0 saturated heterocycles. The van der Waals surface area contributed by atoms with E-state index < -0.39 is 5.97 Å². The first-order chi connectivity index (χ1) is 6.66. The standard InChI is InChI=1S/C10H18O4/c1-9(4-2-6-11)8-14-7-3-5-10(12)13/h6,9H,2-5,7-8H2,1H3,(H,12,13). The Morgan fingerprint density at radius 2 is 2.29 bits per heavy atom. The molecule has 1 unspecified atom stereocenters. The SMILES string of the molecule is CC(CCC=O)COCCCC(=O)O. The van der Waals surface area contributed by atoms with E-state index in [0.29, 0.717) is 32.0 Å². The number of ether oxygens (including phenoxy) is 1. The maximum atomic E-state index is 10.1. The van der Waals surface area contributed by atoms with Crippen LogP contribution >= 0.6 is 0 Å². The van der Waals surface area contributed by atoms with Crippen LogP contribution in [0.5, 0.6) is 0 Å². The van der Waals surface area contributed by atoms with E-state index in [0.717, 1.165) is 12.7 Å². The molecule has 1 N–H and O–H groups in total. The van der Waals surface area contributed by atoms with Crippen molar-refractivity contribution in [2.75, 3.05) is 13.2 Å². The third-order valence-corrected chi connectivity index (χ3v) is 1.86. The Hall–Kier alpha value is -0.900. The van der Waals surface area contributed by atoms with Gasteiger partial charge >= 0.3 is 5.97 Å². The van der Waals surface area contributed by atoms with E-state index in [1.807, 2.05) is 6.92 Å². The second kappa shape index (κ2) is 8.69. The first-order valence-electron chi connectivity index (χ1n) is 4.90. The largest absolute Gasteiger partial charge is 0.481 e. The van der Waals surface area contributed by atoms with Gasteiger partial charge in [0.1, 0.15) is 6.29 Å². The summed E-state index contributed by atoms with van der Waals surface area (Å²) in [6, 6.07) is 0. The quantitative estimate of drug-likeness (QED) is 0.454. The van der Waals surface area contributed by atoms with Crippen molar-refractivity contribution in [1.82, 2.24) is 0 Å². The molecule has 0 aromatic heterocycles. The molecule has 0 rings (SSSR count). The second-order valence-corrected chi connectivity index (χ2v) is 3.42. The minimum Gasteiger partial charge on any atom is -0.481 e. The lowest BCUT2D eigenvalue weighted by atomic mass is 10.1. The summed E-state index contributed by atoms with van der Waals surface area (Å²) in [7, 11) is 0. The highest BCUT2D eigenvalue weighted by Crippen LogP contribution is 2.04. The van der Waals surface area contributed by atoms with Crippen molar-refractivity contribution in [1.29, 1.82) is 0 Å². The number of carbonyl (C=O) groups is 2. The molecular formula is C10H18O4. The topological polar surface area (TPSA) is 63.6 Å². The number of hydrogen-bond donors (Lipinski definition) is 1. The van der Waals surface area contributed by atoms with Crippen LogP contribution in [0.3, 0.4) is 0 Å². The van der Waals surface area contributed by atoms with Crippen molar-refractivity contribution in [3.63, 3.8) is 0 Å². The Morgan fingerprint density at radius 1 is 1.57 bits per heavy atom. The zero-order chi connectivity index (χ0) is 10.8. The van der Waals surface area contributed by atoms with Crippen molar-refractivity contribution in [2.45, 2.75) is 32.6 Å². The fourth-order valence-electron chi connectivity index (χ4n) is 1.05. The number of aliphatic carboxylic acids is 1. The summed E-state index contributed by atoms with van der Waals surface area (Å²) < 4.78 is 5.26. The number of aldehydes is 1. The maximum Gasteiger partial charge on any atom is 0.303 e. The van der Waals surface area contributed by atoms with E-state index in [2.05, 4.69) is 0 Å². The van der Waals surface area contributed by atoms with E-state index in [1.165, 1.54) is 0 Å². The summed E-state index contributed by atoms with van der Waals surface area (Å²) in [5.74, 6) is -0.423. The highest BCUT2D eigenvalue weighted by atomic mass is 16.5. The lowest BCUT2D eigenvalue weighted by molar-refractivity contribution is -0.137. The van der Waals surface area contributed by atoms with Gasteiger partial charge in [-0.1, -0.05) is 6.92 Å². The molecule has 0 saturated carbocycles. The van der Waals surface area contributed by atoms with Gasteiger partial charge in [-0.05, 0) is 18.8 Å². The van der Waals surface area contributed by atoms with Gasteiger partial charge in [0.25, 0.3) is 0 Å². The predicted octanol–water partition coefficient (Wildman–Crippen LogP) is 1.48. The molecule has 1 atom stereocenters. The smallest absolute Gasteiger partial charge is 0.303 e. The third-order valence-electron chi connectivity index (χ3n) is 1.86. The summed E-state index contributed by atoms with van der Waals surface area (Å²) in [5, 5.41) is 8.34. The van der Waals surface area contributed by atoms with Crippen molar-refractivity contribution in [3.8, 4) is 0 Å². The first kappa shape index (κ1) is 13.1. The molecule has 0 bridgehead atoms. The van der Waals surface area contributed by atoms with Crippen LogP contribution in [0.25, 0.3) is 0 Å². The molecule has 82 valence electrons. The Morgan fingerprint density at radius 3 is 2.86 bits per heavy atom. The van der Waals surface area contributed by atoms with Crippen LogP contribution in [0.2, 0.25) is 0 Å². The fourth-order valence-corrected chi connectivity index (χ4v) is 1.05. The molecule has 0 heterocycles. The van der Waals surface area contributed by atoms with Crippen LogP contribution in [0, 0.1) is 5.92 Å². The summed E-state index contributed by atoms with van der Waals surface area (Å²) in [6.07, 6.45) is 3.02. The van der Waals surface area contributed by atoms with Gasteiger partial charge in [0, 0.05) is 26.1 Å². The van der Waals surface area contributed by atoms with Crippen LogP contribution < -0.4 is 0 Å². The summed E-state index contributed by atoms with van der Waals surface area (Å²) in [6.45, 7) is 3.10. The van der Waals surface area contributed by atoms with Crippen molar-refractivity contribution < 1.29 is 19.4 Å². The summed E-state index contributed by atoms with van der Waals surface area (Å²) in [5.41, 5.74) is 0. The highest BCUT2D eigenvalue weighted by Gasteiger charge is 2.02. The van der Waals surface area contributed by atoms with E-state index in [-0.39, 0.29) is 6.42 Å². The molecule has 0 aliphatic carbocycles. The van der Waals surface area contributed by atoms with E-state index in [4.69, 9.17) is 9.84 Å². The highest BCUT2D eigenvalue weighted by molar-refractivity contribution is 5.66. The molecule has 4 heteroatoms. The summed E-state index contributed by atoms with van der Waals surface area (Å²) in [4.78, 5) is 20.2. The molecule has 0 aliphatic rings. The number of rotatable bonds is 9. The van der Waals surface area contributed by atoms with Crippen LogP contribution in [0.4, 0.5) is 0 Å². The molecule has 0 radical (unpaired) electrons. The minimum atomic E-state index is -0.789. The van der Waals surface area contributed by atoms with Gasteiger partial charge in [0.05, 0.1) is 0 Å². The minimum absolute atomic E-state index is 0.155. The number of hydrogen-bond acceptors (Lipinski definition) is 3. The van der Waals surface area contributed by atoms with Gasteiger partial charge in [-0.2, -0.15) is 0 Å². The predicted molar refractivity (Wildman–Crippen MR) is 52.2 cm³/mol. The maximum absolute atomic E-state index is 10.1. The van der Waals surface area contributed by atoms with Gasteiger partial charge in [0.2, 0.25) is 0 Å². The molecule has 0 aromatic rings. The Labute approximate surface area is 84.3 Å². The fraction of sp³-hybridized carbons (Fsp3) is 0.800. The number of carboxylic acid groups (broad SMARTS) is 1. The van der Waals surface area contributed by atoms with Crippen LogP contribution in [-0.2, 0) is 14.3 Å². The molecule has 14 heavy (non-hydrogen) atoms. The van der Waals surface area contributed by atoms with Gasteiger partial charge in [-0.15, -0.1) is 0 Å². The zero-order valence-electron chi connectivity index (χ0n) is 8.57. The molecule has 0 spiro atoms. The van der Waals surface area contributed by atoms with Gasteiger partial charge in [-0.3, -0.25) is 4.79 Å². The van der Waals surface area contributed by atoms with Gasteiger partial charge < -0.3 is 14.6 Å². The molecule has 0 aromatic carbocycles. The van der Waals surface area contributed by atoms with Crippen LogP contribution in [0.15, 0.2) is 0 Å². The lowest BCUT2D eigenvalue weighted by Crippen LogP contribution is -2.08. The molecule has 0 fully saturated rings. The lowest BCUT2D eigenvalue weighted by Gasteiger charge is -2.09. The first-order valence-corrected chi connectivity index (χ1v) is 4.90. The van der Waals surface area contributed by atoms with E-state index in [9.17, 15) is 9.59 Å². The Kier molecular flexibility index (Phi) is 8.13. The van der Waals surface area contributed by atoms with Crippen molar-refractivity contribution >= 4 is 12.3 Å². The van der Waals surface area contributed by atoms with E-state index >= 15 is 0 Å². The Balaban J connectivity index is 3.18. The van der Waals surface area contributed by atoms with Crippen LogP contribution in [-0.4, -0.2) is 30.6 Å². The van der Waals surface area contributed by atoms with E-state index in [1.54, 1.807) is 0 Å². The average Bonchev–Trinajstić information content (AvgIpc) is 2.13. The molecular weight excluding hydrogens is 184 g/mol. The third kappa shape index (κ3) is 9.19. The summed E-state index contributed by atoms with van der Waals surface area (Å²) >= 11 is 0. The second-order valence-electron chi connectivity index (χ2n) is 3.42. The van der Waals surface area contributed by atoms with Gasteiger partial charge in [0.15, 0.2) is 0 Å². The average molecular weight is 202 g/mol. The molecule has 0 aliphatic heterocycles. The Bertz CT molecular complexity index is 168. The van der Waals surface area contributed by atoms with Crippen molar-refractivity contribution in [3.05, 3.63) is 0 Å². The molecule has 0 amide bonds. The monoisotopic (exact) mass is 202 g/mol. The zero-order valence-corrected chi connectivity index (χ0v) is 8.57. The number of carboxylic acids is 1. The number of carbonyl (C=O) groups excluding carboxylic acids is 1. The van der Waals surface area contributed by atoms with Crippen LogP contribution in [0.1, 0.15) is 32.6 Å². The normalized spacial score (nSPS) is 12.4. The molecule has 4 nitrogen and oxygen atoms in total. The van der Waals surface area contributed by atoms with Gasteiger partial charge in [-0.25, -0.2) is 0 Å².